The zero-order chi connectivity index (χ0) is 47.3. The van der Waals surface area contributed by atoms with Crippen LogP contribution in [-0.2, 0) is 30.3 Å². The maximum Gasteiger partial charge on any atom is 0.316 e. The van der Waals surface area contributed by atoms with Gasteiger partial charge in [0.05, 0.1) is 36.1 Å². The Kier molecular flexibility index (Phi) is 14.4. The first kappa shape index (κ1) is 47.1. The van der Waals surface area contributed by atoms with Crippen molar-refractivity contribution >= 4 is 58.9 Å². The number of carbonyl (C=O) groups excluding carboxylic acids is 2. The van der Waals surface area contributed by atoms with E-state index in [-0.39, 0.29) is 0 Å². The minimum absolute atomic E-state index is 0.356. The number of rotatable bonds is 16. The number of fused-ring (bicyclic) bond motifs is 2. The van der Waals surface area contributed by atoms with E-state index in [1.165, 1.54) is 43.2 Å². The van der Waals surface area contributed by atoms with Gasteiger partial charge in [-0.1, -0.05) is 55.3 Å². The molecule has 358 valence electrons. The van der Waals surface area contributed by atoms with Gasteiger partial charge in [0.25, 0.3) is 12.9 Å². The second-order valence-electron chi connectivity index (χ2n) is 19.6. The minimum atomic E-state index is -0.587. The number of piperidine rings is 2. The number of anilines is 6. The SMILES string of the molecule is CC(C)C1CCCCN1c1ncc(C2(OC=O)CCC2)cc1Nc1ccc(Cl)cc1.CCOc1ncc(Nc2cc(C3(OC=O)CCC3)cnc2N2C3CCC2CC(c2ccc(C)cc2)C3)cn1. The van der Waals surface area contributed by atoms with Gasteiger partial charge >= 0.3 is 6.01 Å². The van der Waals surface area contributed by atoms with Crippen LogP contribution in [0.2, 0.25) is 5.02 Å². The molecule has 13 nitrogen and oxygen atoms in total. The summed E-state index contributed by atoms with van der Waals surface area (Å²) in [5.74, 6) is 3.02. The first-order valence-corrected chi connectivity index (χ1v) is 25.1. The normalized spacial score (nSPS) is 22.1. The average molecular weight is 942 g/mol. The fraction of sp³-hybridized carbons (Fsp3) is 0.481. The van der Waals surface area contributed by atoms with Gasteiger partial charge in [-0.2, -0.15) is 0 Å². The molecule has 2 aliphatic carbocycles. The lowest BCUT2D eigenvalue weighted by molar-refractivity contribution is -0.156. The summed E-state index contributed by atoms with van der Waals surface area (Å²) in [5.41, 5.74) is 7.05. The predicted octanol–water partition coefficient (Wildman–Crippen LogP) is 11.8. The number of aryl methyl sites for hydroxylation is 1. The molecule has 14 heteroatoms. The van der Waals surface area contributed by atoms with Crippen molar-refractivity contribution in [2.24, 2.45) is 5.92 Å². The molecule has 0 radical (unpaired) electrons. The smallest absolute Gasteiger partial charge is 0.316 e. The molecule has 6 heterocycles. The van der Waals surface area contributed by atoms with Crippen molar-refractivity contribution in [3.8, 4) is 6.01 Å². The van der Waals surface area contributed by atoms with Crippen LogP contribution < -0.4 is 25.2 Å². The third kappa shape index (κ3) is 9.95. The van der Waals surface area contributed by atoms with Crippen molar-refractivity contribution in [1.82, 2.24) is 19.9 Å². The van der Waals surface area contributed by atoms with E-state index in [2.05, 4.69) is 87.6 Å². The highest BCUT2D eigenvalue weighted by Gasteiger charge is 2.45. The molecule has 2 aromatic carbocycles. The number of hydrogen-bond acceptors (Lipinski definition) is 13. The fourth-order valence-corrected chi connectivity index (χ4v) is 11.3. The number of halogens is 1. The van der Waals surface area contributed by atoms with Crippen molar-refractivity contribution in [1.29, 1.82) is 0 Å². The summed E-state index contributed by atoms with van der Waals surface area (Å²) in [7, 11) is 0. The Balaban J connectivity index is 0.000000175. The van der Waals surface area contributed by atoms with Crippen LogP contribution in [0, 0.1) is 12.8 Å². The van der Waals surface area contributed by atoms with Gasteiger partial charge in [-0.05, 0) is 151 Å². The van der Waals surface area contributed by atoms with E-state index in [0.717, 1.165) is 103 Å². The second kappa shape index (κ2) is 20.7. The van der Waals surface area contributed by atoms with Gasteiger partial charge in [0.1, 0.15) is 11.2 Å². The number of carbonyl (C=O) groups is 2. The Hall–Kier alpha value is -5.95. The van der Waals surface area contributed by atoms with Gasteiger partial charge in [0.15, 0.2) is 11.6 Å². The number of benzene rings is 2. The number of hydrogen-bond donors (Lipinski definition) is 2. The Labute approximate surface area is 405 Å². The van der Waals surface area contributed by atoms with Crippen LogP contribution in [0.3, 0.4) is 0 Å². The van der Waals surface area contributed by atoms with Crippen molar-refractivity contribution in [2.45, 2.75) is 146 Å². The van der Waals surface area contributed by atoms with Gasteiger partial charge in [0, 0.05) is 58.9 Å². The summed E-state index contributed by atoms with van der Waals surface area (Å²) in [4.78, 5) is 46.1. The molecule has 2 saturated carbocycles. The van der Waals surface area contributed by atoms with Crippen LogP contribution in [0.4, 0.5) is 34.4 Å². The number of nitrogens with one attached hydrogen (secondary N) is 2. The molecule has 3 saturated heterocycles. The van der Waals surface area contributed by atoms with Gasteiger partial charge in [-0.25, -0.2) is 19.9 Å². The van der Waals surface area contributed by atoms with Crippen LogP contribution in [-0.4, -0.2) is 64.2 Å². The second-order valence-corrected chi connectivity index (χ2v) is 20.1. The monoisotopic (exact) mass is 940 g/mol. The molecule has 3 aromatic heterocycles. The van der Waals surface area contributed by atoms with Gasteiger partial charge < -0.3 is 34.6 Å². The summed E-state index contributed by atoms with van der Waals surface area (Å²) in [6.07, 6.45) is 20.8. The number of aromatic nitrogens is 4. The fourth-order valence-electron chi connectivity index (χ4n) is 11.1. The third-order valence-corrected chi connectivity index (χ3v) is 15.3. The quantitative estimate of drug-likeness (QED) is 0.0907. The van der Waals surface area contributed by atoms with Gasteiger partial charge in [-0.15, -0.1) is 0 Å². The van der Waals surface area contributed by atoms with Crippen molar-refractivity contribution < 1.29 is 23.8 Å². The molecule has 5 aromatic rings. The molecule has 3 aliphatic heterocycles. The lowest BCUT2D eigenvalue weighted by Gasteiger charge is -2.42. The molecule has 0 spiro atoms. The van der Waals surface area contributed by atoms with Gasteiger partial charge in [-0.3, -0.25) is 9.59 Å². The first-order valence-electron chi connectivity index (χ1n) is 24.7. The van der Waals surface area contributed by atoms with E-state index in [1.54, 1.807) is 12.4 Å². The Morgan fingerprint density at radius 2 is 1.29 bits per heavy atom. The first-order chi connectivity index (χ1) is 33.1. The number of nitrogens with zero attached hydrogens (tertiary/aromatic N) is 6. The molecule has 0 amide bonds. The van der Waals surface area contributed by atoms with Crippen LogP contribution in [0.5, 0.6) is 6.01 Å². The van der Waals surface area contributed by atoms with Gasteiger partial charge in [0.2, 0.25) is 0 Å². The molecule has 2 bridgehead atoms. The molecule has 10 rings (SSSR count). The highest BCUT2D eigenvalue weighted by molar-refractivity contribution is 6.30. The van der Waals surface area contributed by atoms with E-state index in [9.17, 15) is 9.59 Å². The zero-order valence-electron chi connectivity index (χ0n) is 39.8. The van der Waals surface area contributed by atoms with E-state index in [1.807, 2.05) is 43.6 Å². The third-order valence-electron chi connectivity index (χ3n) is 15.1. The summed E-state index contributed by atoms with van der Waals surface area (Å²) >= 11 is 6.07. The Morgan fingerprint density at radius 1 is 0.721 bits per heavy atom. The topological polar surface area (TPSA) is 144 Å². The molecule has 5 aliphatic rings. The standard InChI is InChI=1S/C30H35N5O3.C24H30ClN3O2/c1-3-37-29-32-17-24(18-33-29)34-27-15-23(30(38-19-36)11-4-12-30)16-31-28(27)35-25-9-10-26(35)14-22(13-25)21-7-5-20(2)6-8-21;1-17(2)22-6-3-4-13-28(22)23-21(27-20-9-7-19(25)8-10-20)14-18(15-26-23)24(30-16-29)11-5-12-24/h5-8,15-19,22,25-26,34H,3-4,9-14H2,1-2H3;7-10,14-17,22,27H,3-6,11-13H2,1-2H3. The van der Waals surface area contributed by atoms with Crippen molar-refractivity contribution in [3.63, 3.8) is 0 Å². The van der Waals surface area contributed by atoms with E-state index in [0.29, 0.717) is 60.5 Å². The highest BCUT2D eigenvalue weighted by atomic mass is 35.5. The summed E-state index contributed by atoms with van der Waals surface area (Å²) < 4.78 is 16.6. The largest absolute Gasteiger partial charge is 0.464 e. The van der Waals surface area contributed by atoms with Crippen LogP contribution in [0.1, 0.15) is 132 Å². The molecule has 5 fully saturated rings. The maximum atomic E-state index is 11.3. The summed E-state index contributed by atoms with van der Waals surface area (Å²) in [6, 6.07) is 22.6. The maximum absolute atomic E-state index is 11.3. The molecule has 2 N–H and O–H groups in total. The van der Waals surface area contributed by atoms with Crippen molar-refractivity contribution in [2.75, 3.05) is 33.6 Å². The number of ether oxygens (including phenoxy) is 3. The van der Waals surface area contributed by atoms with Crippen molar-refractivity contribution in [3.05, 3.63) is 113 Å². The van der Waals surface area contributed by atoms with Crippen LogP contribution in [0.25, 0.3) is 0 Å². The average Bonchev–Trinajstić information content (AvgIpc) is 3.58. The zero-order valence-corrected chi connectivity index (χ0v) is 40.6. The van der Waals surface area contributed by atoms with E-state index < -0.39 is 11.2 Å². The highest BCUT2D eigenvalue weighted by Crippen LogP contribution is 2.50. The number of pyridine rings is 2. The van der Waals surface area contributed by atoms with Crippen LogP contribution in [0.15, 0.2) is 85.5 Å². The molecular weight excluding hydrogens is 876 g/mol. The predicted molar refractivity (Wildman–Crippen MR) is 267 cm³/mol. The van der Waals surface area contributed by atoms with E-state index >= 15 is 0 Å². The Bertz CT molecular complexity index is 2490. The summed E-state index contributed by atoms with van der Waals surface area (Å²) in [6.45, 7) is 11.3. The molecular formula is C54H65ClN8O5. The molecule has 3 unspecified atom stereocenters. The minimum Gasteiger partial charge on any atom is -0.464 e. The lowest BCUT2D eigenvalue weighted by atomic mass is 9.75. The lowest BCUT2D eigenvalue weighted by Crippen LogP contribution is -2.44. The van der Waals surface area contributed by atoms with Crippen LogP contribution >= 0.6 is 11.6 Å². The molecule has 3 atom stereocenters. The summed E-state index contributed by atoms with van der Waals surface area (Å²) in [5, 5.41) is 7.79. The van der Waals surface area contributed by atoms with E-state index in [4.69, 9.17) is 35.8 Å². The Morgan fingerprint density at radius 3 is 1.84 bits per heavy atom. The molecule has 68 heavy (non-hydrogen) atoms.